The van der Waals surface area contributed by atoms with E-state index >= 15 is 0 Å². The lowest BCUT2D eigenvalue weighted by atomic mass is 9.94. The van der Waals surface area contributed by atoms with Crippen molar-refractivity contribution >= 4 is 29.6 Å². The second-order valence-corrected chi connectivity index (χ2v) is 10.6. The Labute approximate surface area is 208 Å². The van der Waals surface area contributed by atoms with Gasteiger partial charge in [-0.05, 0) is 45.5 Å². The van der Waals surface area contributed by atoms with E-state index in [2.05, 4.69) is 108 Å². The molecule has 0 bridgehead atoms. The fourth-order valence-corrected chi connectivity index (χ4v) is 7.06. The molecule has 0 aliphatic carbocycles. The van der Waals surface area contributed by atoms with Crippen LogP contribution in [0.2, 0.25) is 0 Å². The van der Waals surface area contributed by atoms with E-state index < -0.39 is 0 Å². The number of urea groups is 1. The fraction of sp³-hybridized carbons (Fsp3) is 0.138. The highest BCUT2D eigenvalue weighted by atomic mass is 32.2. The molecule has 0 unspecified atom stereocenters. The van der Waals surface area contributed by atoms with Gasteiger partial charge in [-0.2, -0.15) is 0 Å². The van der Waals surface area contributed by atoms with Gasteiger partial charge in [-0.3, -0.25) is 0 Å². The summed E-state index contributed by atoms with van der Waals surface area (Å²) in [6.07, 6.45) is 0. The van der Waals surface area contributed by atoms with Crippen molar-refractivity contribution < 1.29 is 4.79 Å². The summed E-state index contributed by atoms with van der Waals surface area (Å²) in [5.74, 6) is 1.79. The van der Waals surface area contributed by atoms with E-state index in [1.807, 2.05) is 23.5 Å². The third-order valence-electron chi connectivity index (χ3n) is 6.51. The lowest BCUT2D eigenvalue weighted by Crippen LogP contribution is -2.41. The quantitative estimate of drug-likeness (QED) is 0.322. The Bertz CT molecular complexity index is 1170. The summed E-state index contributed by atoms with van der Waals surface area (Å²) in [6.45, 7) is 0. The van der Waals surface area contributed by atoms with Crippen molar-refractivity contribution in [2.75, 3.05) is 0 Å². The second kappa shape index (κ2) is 9.24. The molecular weight excluding hydrogens is 456 g/mol. The van der Waals surface area contributed by atoms with Crippen LogP contribution in [0.5, 0.6) is 0 Å². The predicted molar refractivity (Wildman–Crippen MR) is 140 cm³/mol. The summed E-state index contributed by atoms with van der Waals surface area (Å²) in [7, 11) is 0. The van der Waals surface area contributed by atoms with E-state index in [1.165, 1.54) is 20.9 Å². The summed E-state index contributed by atoms with van der Waals surface area (Å²) in [4.78, 5) is 16.0. The number of carbonyl (C=O) groups is 1. The van der Waals surface area contributed by atoms with Gasteiger partial charge in [-0.25, -0.2) is 4.79 Å². The Hall–Kier alpha value is -3.15. The maximum Gasteiger partial charge on any atom is 0.316 e. The Balaban J connectivity index is 1.36. The van der Waals surface area contributed by atoms with E-state index in [9.17, 15) is 4.79 Å². The number of benzene rings is 4. The number of hydrogen-bond acceptors (Lipinski definition) is 3. The molecule has 3 nitrogen and oxygen atoms in total. The summed E-state index contributed by atoms with van der Waals surface area (Å²) in [6, 6.07) is 33.1. The van der Waals surface area contributed by atoms with Crippen LogP contribution >= 0.6 is 23.5 Å². The van der Waals surface area contributed by atoms with E-state index in [1.54, 1.807) is 0 Å². The van der Waals surface area contributed by atoms with Gasteiger partial charge < -0.3 is 10.6 Å². The third-order valence-corrected chi connectivity index (χ3v) is 8.79. The average molecular weight is 481 g/mol. The molecule has 34 heavy (non-hydrogen) atoms. The Morgan fingerprint density at radius 3 is 1.41 bits per heavy atom. The summed E-state index contributed by atoms with van der Waals surface area (Å²) in [5, 5.41) is 6.66. The zero-order valence-electron chi connectivity index (χ0n) is 18.5. The van der Waals surface area contributed by atoms with Gasteiger partial charge in [0, 0.05) is 21.3 Å². The van der Waals surface area contributed by atoms with Gasteiger partial charge in [0.2, 0.25) is 0 Å². The van der Waals surface area contributed by atoms with Crippen molar-refractivity contribution in [2.24, 2.45) is 0 Å². The first-order valence-electron chi connectivity index (χ1n) is 11.4. The standard InChI is InChI=1S/C29H24N2OS2/c32-29(30-27-21-11-3-1-9-19(21)17-33-25-15-7-5-13-23(25)27)31-28-22-12-4-2-10-20(22)18-34-26-16-8-6-14-24(26)28/h1-16,27-28H,17-18H2,(H2,30,31,32)/t27-,28-/m0/s1. The fourth-order valence-electron chi connectivity index (χ4n) is 4.86. The number of carbonyl (C=O) groups excluding carboxylic acids is 1. The number of amides is 2. The number of hydrogen-bond donors (Lipinski definition) is 2. The molecule has 0 saturated heterocycles. The number of fused-ring (bicyclic) bond motifs is 4. The van der Waals surface area contributed by atoms with Crippen molar-refractivity contribution in [1.82, 2.24) is 10.6 Å². The Morgan fingerprint density at radius 1 is 0.559 bits per heavy atom. The van der Waals surface area contributed by atoms with Gasteiger partial charge in [0.1, 0.15) is 0 Å². The van der Waals surface area contributed by atoms with E-state index in [0.29, 0.717) is 0 Å². The maximum absolute atomic E-state index is 13.6. The SMILES string of the molecule is O=C(N[C@H]1c2ccccc2CSc2ccccc21)N[C@H]1c2ccccc2CSc2ccccc21. The van der Waals surface area contributed by atoms with Crippen LogP contribution in [0.3, 0.4) is 0 Å². The molecule has 0 spiro atoms. The molecule has 6 rings (SSSR count). The molecule has 0 radical (unpaired) electrons. The summed E-state index contributed by atoms with van der Waals surface area (Å²) < 4.78 is 0. The van der Waals surface area contributed by atoms with Gasteiger partial charge in [0.25, 0.3) is 0 Å². The summed E-state index contributed by atoms with van der Waals surface area (Å²) >= 11 is 3.66. The largest absolute Gasteiger partial charge is 0.327 e. The molecule has 5 heteroatoms. The van der Waals surface area contributed by atoms with Crippen LogP contribution in [-0.4, -0.2) is 6.03 Å². The van der Waals surface area contributed by atoms with E-state index in [-0.39, 0.29) is 18.1 Å². The third kappa shape index (κ3) is 3.99. The minimum atomic E-state index is -0.201. The van der Waals surface area contributed by atoms with Crippen LogP contribution in [0.4, 0.5) is 4.79 Å². The van der Waals surface area contributed by atoms with Crippen LogP contribution in [-0.2, 0) is 11.5 Å². The number of rotatable bonds is 2. The lowest BCUT2D eigenvalue weighted by Gasteiger charge is -2.25. The minimum absolute atomic E-state index is 0.164. The molecule has 2 aliphatic rings. The molecule has 4 aromatic carbocycles. The van der Waals surface area contributed by atoms with E-state index in [0.717, 1.165) is 33.8 Å². The number of nitrogens with one attached hydrogen (secondary N) is 2. The topological polar surface area (TPSA) is 41.1 Å². The molecule has 4 aromatic rings. The molecule has 2 N–H and O–H groups in total. The van der Waals surface area contributed by atoms with Gasteiger partial charge in [0.15, 0.2) is 0 Å². The van der Waals surface area contributed by atoms with Crippen molar-refractivity contribution in [1.29, 1.82) is 0 Å². The number of thioether (sulfide) groups is 2. The van der Waals surface area contributed by atoms with Crippen LogP contribution in [0.15, 0.2) is 107 Å². The zero-order valence-corrected chi connectivity index (χ0v) is 20.2. The average Bonchev–Trinajstić information content (AvgIpc) is 3.14. The molecule has 0 saturated carbocycles. The van der Waals surface area contributed by atoms with Crippen molar-refractivity contribution in [3.63, 3.8) is 0 Å². The first-order valence-corrected chi connectivity index (χ1v) is 13.4. The smallest absolute Gasteiger partial charge is 0.316 e. The van der Waals surface area contributed by atoms with Crippen LogP contribution in [0.1, 0.15) is 45.5 Å². The van der Waals surface area contributed by atoms with Gasteiger partial charge in [-0.1, -0.05) is 84.9 Å². The van der Waals surface area contributed by atoms with E-state index in [4.69, 9.17) is 0 Å². The molecule has 2 heterocycles. The zero-order chi connectivity index (χ0) is 22.9. The van der Waals surface area contributed by atoms with Crippen molar-refractivity contribution in [3.8, 4) is 0 Å². The highest BCUT2D eigenvalue weighted by Crippen LogP contribution is 2.41. The highest BCUT2D eigenvalue weighted by molar-refractivity contribution is 7.98. The maximum atomic E-state index is 13.6. The highest BCUT2D eigenvalue weighted by Gasteiger charge is 2.28. The first-order chi connectivity index (χ1) is 16.8. The van der Waals surface area contributed by atoms with Crippen LogP contribution in [0, 0.1) is 0 Å². The monoisotopic (exact) mass is 480 g/mol. The van der Waals surface area contributed by atoms with Gasteiger partial charge >= 0.3 is 6.03 Å². The molecule has 0 fully saturated rings. The summed E-state index contributed by atoms with van der Waals surface area (Å²) in [5.41, 5.74) is 7.13. The van der Waals surface area contributed by atoms with Gasteiger partial charge in [0.05, 0.1) is 12.1 Å². The lowest BCUT2D eigenvalue weighted by molar-refractivity contribution is 0.236. The van der Waals surface area contributed by atoms with Crippen molar-refractivity contribution in [2.45, 2.75) is 33.4 Å². The van der Waals surface area contributed by atoms with Crippen LogP contribution in [0.25, 0.3) is 0 Å². The molecule has 2 amide bonds. The minimum Gasteiger partial charge on any atom is -0.327 e. The molecule has 2 aliphatic heterocycles. The van der Waals surface area contributed by atoms with Gasteiger partial charge in [-0.15, -0.1) is 23.5 Å². The Kier molecular flexibility index (Phi) is 5.81. The predicted octanol–water partition coefficient (Wildman–Crippen LogP) is 7.08. The van der Waals surface area contributed by atoms with Crippen molar-refractivity contribution in [3.05, 3.63) is 130 Å². The second-order valence-electron chi connectivity index (χ2n) is 8.53. The molecular formula is C29H24N2OS2. The first kappa shape index (κ1) is 21.4. The molecule has 168 valence electrons. The normalized spacial score (nSPS) is 18.2. The molecule has 0 aromatic heterocycles. The van der Waals surface area contributed by atoms with Crippen LogP contribution < -0.4 is 10.6 Å². The molecule has 2 atom stereocenters. The Morgan fingerprint density at radius 2 is 0.941 bits per heavy atom.